The maximum Gasteiger partial charge on any atom is 0.237 e. The van der Waals surface area contributed by atoms with Gasteiger partial charge in [0.15, 0.2) is 4.34 Å². The van der Waals surface area contributed by atoms with Crippen molar-refractivity contribution >= 4 is 39.8 Å². The Morgan fingerprint density at radius 2 is 2.32 bits per heavy atom. The summed E-state index contributed by atoms with van der Waals surface area (Å²) in [6.07, 6.45) is 0. The van der Waals surface area contributed by atoms with Crippen LogP contribution in [-0.2, 0) is 4.79 Å². The highest BCUT2D eigenvalue weighted by Crippen LogP contribution is 2.29. The van der Waals surface area contributed by atoms with Gasteiger partial charge in [-0.1, -0.05) is 29.2 Å². The van der Waals surface area contributed by atoms with Gasteiger partial charge in [0.05, 0.1) is 16.9 Å². The van der Waals surface area contributed by atoms with Gasteiger partial charge in [0.2, 0.25) is 11.0 Å². The number of nitrogens with zero attached hydrogens (tertiary/aromatic N) is 3. The first-order chi connectivity index (χ1) is 10.6. The summed E-state index contributed by atoms with van der Waals surface area (Å²) in [5.74, 6) is -0.139. The van der Waals surface area contributed by atoms with Gasteiger partial charge in [0.1, 0.15) is 0 Å². The zero-order valence-electron chi connectivity index (χ0n) is 12.2. The topological polar surface area (TPSA) is 90.7 Å². The second kappa shape index (κ2) is 7.77. The Labute approximate surface area is 137 Å². The Bertz CT molecular complexity index is 695. The normalized spacial score (nSPS) is 11.5. The van der Waals surface area contributed by atoms with Crippen LogP contribution in [0.2, 0.25) is 0 Å². The van der Waals surface area contributed by atoms with Crippen molar-refractivity contribution in [3.8, 4) is 6.07 Å². The van der Waals surface area contributed by atoms with E-state index in [1.54, 1.807) is 24.3 Å². The number of aromatic nitrogens is 2. The molecule has 1 aromatic heterocycles. The van der Waals surface area contributed by atoms with Gasteiger partial charge in [-0.15, -0.1) is 10.2 Å². The van der Waals surface area contributed by atoms with E-state index in [2.05, 4.69) is 20.8 Å². The Kier molecular flexibility index (Phi) is 5.75. The molecule has 1 aromatic carbocycles. The highest BCUT2D eigenvalue weighted by Gasteiger charge is 2.17. The van der Waals surface area contributed by atoms with Crippen LogP contribution in [-0.4, -0.2) is 27.9 Å². The van der Waals surface area contributed by atoms with Gasteiger partial charge in [0, 0.05) is 12.2 Å². The molecule has 2 aromatic rings. The lowest BCUT2D eigenvalue weighted by molar-refractivity contribution is -0.115. The van der Waals surface area contributed by atoms with Crippen LogP contribution in [0.5, 0.6) is 0 Å². The standard InChI is InChI=1S/C14H15N5OS2/c1-3-16-13-18-19-14(22-13)21-9(2)12(20)17-11-6-4-5-10(7-11)8-15/h4-7,9H,3H2,1-2H3,(H,16,18)(H,17,20). The van der Waals surface area contributed by atoms with Crippen molar-refractivity contribution in [1.29, 1.82) is 5.26 Å². The number of rotatable bonds is 6. The molecule has 0 saturated carbocycles. The molecule has 0 spiro atoms. The number of carbonyl (C=O) groups is 1. The number of thioether (sulfide) groups is 1. The van der Waals surface area contributed by atoms with Crippen LogP contribution in [0.25, 0.3) is 0 Å². The van der Waals surface area contributed by atoms with E-state index in [-0.39, 0.29) is 11.2 Å². The summed E-state index contributed by atoms with van der Waals surface area (Å²) in [5, 5.41) is 23.2. The van der Waals surface area contributed by atoms with Crippen LogP contribution >= 0.6 is 23.1 Å². The predicted molar refractivity (Wildman–Crippen MR) is 89.2 cm³/mol. The van der Waals surface area contributed by atoms with E-state index >= 15 is 0 Å². The number of nitriles is 1. The number of benzene rings is 1. The summed E-state index contributed by atoms with van der Waals surface area (Å²) < 4.78 is 0.740. The third kappa shape index (κ3) is 4.44. The summed E-state index contributed by atoms with van der Waals surface area (Å²) in [5.41, 5.74) is 1.12. The fraction of sp³-hybridized carbons (Fsp3) is 0.286. The minimum absolute atomic E-state index is 0.139. The number of anilines is 2. The summed E-state index contributed by atoms with van der Waals surface area (Å²) in [7, 11) is 0. The fourth-order valence-electron chi connectivity index (χ4n) is 1.60. The Hall–Kier alpha value is -2.11. The van der Waals surface area contributed by atoms with Gasteiger partial charge >= 0.3 is 0 Å². The molecule has 0 aliphatic heterocycles. The smallest absolute Gasteiger partial charge is 0.237 e. The van der Waals surface area contributed by atoms with Crippen LogP contribution in [0, 0.1) is 11.3 Å². The van der Waals surface area contributed by atoms with Gasteiger partial charge < -0.3 is 10.6 Å². The number of hydrogen-bond donors (Lipinski definition) is 2. The summed E-state index contributed by atoms with van der Waals surface area (Å²) >= 11 is 2.78. The molecule has 1 unspecified atom stereocenters. The Morgan fingerprint density at radius 3 is 3.05 bits per heavy atom. The van der Waals surface area contributed by atoms with Crippen molar-refractivity contribution in [3.05, 3.63) is 29.8 Å². The van der Waals surface area contributed by atoms with Gasteiger partial charge in [-0.3, -0.25) is 4.79 Å². The molecule has 0 saturated heterocycles. The molecular weight excluding hydrogens is 318 g/mol. The molecule has 114 valence electrons. The quantitative estimate of drug-likeness (QED) is 0.790. The maximum atomic E-state index is 12.2. The van der Waals surface area contributed by atoms with Gasteiger partial charge in [-0.25, -0.2) is 0 Å². The molecule has 22 heavy (non-hydrogen) atoms. The highest BCUT2D eigenvalue weighted by atomic mass is 32.2. The lowest BCUT2D eigenvalue weighted by Crippen LogP contribution is -2.22. The molecule has 2 N–H and O–H groups in total. The highest BCUT2D eigenvalue weighted by molar-refractivity contribution is 8.02. The molecule has 8 heteroatoms. The first-order valence-corrected chi connectivity index (χ1v) is 8.37. The third-order valence-electron chi connectivity index (χ3n) is 2.64. The molecule has 1 atom stereocenters. The van der Waals surface area contributed by atoms with Gasteiger partial charge in [-0.2, -0.15) is 5.26 Å². The molecule has 0 fully saturated rings. The summed E-state index contributed by atoms with van der Waals surface area (Å²) in [4.78, 5) is 12.2. The van der Waals surface area contributed by atoms with Crippen LogP contribution in [0.4, 0.5) is 10.8 Å². The van der Waals surface area contributed by atoms with E-state index < -0.39 is 0 Å². The predicted octanol–water partition coefficient (Wildman–Crippen LogP) is 2.96. The average molecular weight is 333 g/mol. The van der Waals surface area contributed by atoms with Crippen molar-refractivity contribution in [2.24, 2.45) is 0 Å². The molecule has 2 rings (SSSR count). The monoisotopic (exact) mass is 333 g/mol. The molecule has 0 aliphatic rings. The second-order valence-corrected chi connectivity index (χ2v) is 6.91. The van der Waals surface area contributed by atoms with E-state index in [0.29, 0.717) is 11.3 Å². The molecule has 6 nitrogen and oxygen atoms in total. The molecule has 0 bridgehead atoms. The Morgan fingerprint density at radius 1 is 1.50 bits per heavy atom. The van der Waals surface area contributed by atoms with Crippen molar-refractivity contribution in [3.63, 3.8) is 0 Å². The number of nitrogens with one attached hydrogen (secondary N) is 2. The van der Waals surface area contributed by atoms with Gasteiger partial charge in [0.25, 0.3) is 0 Å². The minimum atomic E-state index is -0.312. The van der Waals surface area contributed by atoms with Crippen molar-refractivity contribution in [2.75, 3.05) is 17.2 Å². The Balaban J connectivity index is 1.95. The first-order valence-electron chi connectivity index (χ1n) is 6.67. The molecule has 1 heterocycles. The molecular formula is C14H15N5OS2. The number of amides is 1. The van der Waals surface area contributed by atoms with Crippen LogP contribution in [0.3, 0.4) is 0 Å². The molecule has 0 aliphatic carbocycles. The second-order valence-electron chi connectivity index (χ2n) is 4.35. The number of carbonyl (C=O) groups excluding carboxylic acids is 1. The summed E-state index contributed by atoms with van der Waals surface area (Å²) in [6.45, 7) is 4.58. The minimum Gasteiger partial charge on any atom is -0.360 e. The van der Waals surface area contributed by atoms with E-state index in [9.17, 15) is 4.79 Å². The van der Waals surface area contributed by atoms with E-state index in [0.717, 1.165) is 16.0 Å². The zero-order chi connectivity index (χ0) is 15.9. The third-order valence-corrected chi connectivity index (χ3v) is 4.71. The van der Waals surface area contributed by atoms with E-state index in [1.807, 2.05) is 19.9 Å². The van der Waals surface area contributed by atoms with E-state index in [1.165, 1.54) is 23.1 Å². The average Bonchev–Trinajstić information content (AvgIpc) is 2.95. The molecule has 0 radical (unpaired) electrons. The fourth-order valence-corrected chi connectivity index (χ4v) is 3.56. The van der Waals surface area contributed by atoms with E-state index in [4.69, 9.17) is 5.26 Å². The largest absolute Gasteiger partial charge is 0.360 e. The summed E-state index contributed by atoms with van der Waals surface area (Å²) in [6, 6.07) is 8.87. The lowest BCUT2D eigenvalue weighted by atomic mass is 10.2. The van der Waals surface area contributed by atoms with Crippen LogP contribution < -0.4 is 10.6 Å². The SMILES string of the molecule is CCNc1nnc(SC(C)C(=O)Nc2cccc(C#N)c2)s1. The van der Waals surface area contributed by atoms with Crippen molar-refractivity contribution in [2.45, 2.75) is 23.4 Å². The van der Waals surface area contributed by atoms with Crippen molar-refractivity contribution in [1.82, 2.24) is 10.2 Å². The first kappa shape index (κ1) is 16.3. The van der Waals surface area contributed by atoms with Crippen LogP contribution in [0.1, 0.15) is 19.4 Å². The lowest BCUT2D eigenvalue weighted by Gasteiger charge is -2.10. The zero-order valence-corrected chi connectivity index (χ0v) is 13.8. The van der Waals surface area contributed by atoms with Crippen LogP contribution in [0.15, 0.2) is 28.6 Å². The number of hydrogen-bond acceptors (Lipinski definition) is 7. The maximum absolute atomic E-state index is 12.2. The van der Waals surface area contributed by atoms with Crippen molar-refractivity contribution < 1.29 is 4.79 Å². The molecule has 1 amide bonds. The van der Waals surface area contributed by atoms with Gasteiger partial charge in [-0.05, 0) is 32.0 Å².